The molecule has 1 N–H and O–H groups in total. The monoisotopic (exact) mass is 431 g/mol. The molecule has 3 nitrogen and oxygen atoms in total. The van der Waals surface area contributed by atoms with Crippen molar-refractivity contribution >= 4 is 17.0 Å². The van der Waals surface area contributed by atoms with Gasteiger partial charge in [-0.3, -0.25) is 0 Å². The molecule has 1 aliphatic heterocycles. The van der Waals surface area contributed by atoms with Crippen LogP contribution in [0.15, 0.2) is 126 Å². The van der Waals surface area contributed by atoms with Gasteiger partial charge in [-0.15, -0.1) is 0 Å². The van der Waals surface area contributed by atoms with Gasteiger partial charge in [-0.05, 0) is 12.0 Å². The Balaban J connectivity index is 1.73. The van der Waals surface area contributed by atoms with Gasteiger partial charge in [0.15, 0.2) is 5.60 Å². The van der Waals surface area contributed by atoms with Crippen LogP contribution in [0, 0.1) is 0 Å². The van der Waals surface area contributed by atoms with Crippen LogP contribution in [0.4, 0.5) is 0 Å². The first kappa shape index (κ1) is 20.8. The molecule has 0 radical (unpaired) electrons. The maximum absolute atomic E-state index is 10.3. The summed E-state index contributed by atoms with van der Waals surface area (Å²) in [5.74, 6) is 0.814. The molecule has 0 amide bonds. The molecule has 0 saturated carbocycles. The molecule has 0 aliphatic carbocycles. The Morgan fingerprint density at radius 3 is 1.76 bits per heavy atom. The van der Waals surface area contributed by atoms with Crippen molar-refractivity contribution in [1.29, 1.82) is 0 Å². The zero-order valence-corrected chi connectivity index (χ0v) is 18.3. The number of hydrogen-bond acceptors (Lipinski definition) is 3. The van der Waals surface area contributed by atoms with E-state index in [1.54, 1.807) is 0 Å². The van der Waals surface area contributed by atoms with E-state index in [9.17, 15) is 5.21 Å². The predicted molar refractivity (Wildman–Crippen MR) is 133 cm³/mol. The Hall–Kier alpha value is -4.11. The van der Waals surface area contributed by atoms with Gasteiger partial charge in [-0.25, -0.2) is 0 Å². The van der Waals surface area contributed by atoms with Crippen LogP contribution in [0.5, 0.6) is 0 Å². The number of rotatable bonds is 5. The Labute approximate surface area is 194 Å². The SMILES string of the molecule is O/N=C(/c1ccccc1)[C@]1(c2ccccc2)CCC(c2ccccc2)=C(c2ccccc2)O1. The molecule has 0 fully saturated rings. The minimum atomic E-state index is -0.930. The number of nitrogens with zero attached hydrogens (tertiary/aromatic N) is 1. The quantitative estimate of drug-likeness (QED) is 0.207. The number of hydrogen-bond donors (Lipinski definition) is 1. The zero-order chi connectivity index (χ0) is 22.5. The molecule has 5 rings (SSSR count). The fraction of sp³-hybridized carbons (Fsp3) is 0.100. The minimum Gasteiger partial charge on any atom is -0.475 e. The first-order chi connectivity index (χ1) is 16.3. The summed E-state index contributed by atoms with van der Waals surface area (Å²) in [5, 5.41) is 14.1. The smallest absolute Gasteiger partial charge is 0.180 e. The molecular weight excluding hydrogens is 406 g/mol. The normalized spacial score (nSPS) is 18.6. The Morgan fingerprint density at radius 1 is 0.667 bits per heavy atom. The molecule has 162 valence electrons. The Bertz CT molecular complexity index is 1270. The Morgan fingerprint density at radius 2 is 1.18 bits per heavy atom. The zero-order valence-electron chi connectivity index (χ0n) is 18.3. The maximum atomic E-state index is 10.3. The molecule has 4 aromatic rings. The molecule has 4 aromatic carbocycles. The fourth-order valence-corrected chi connectivity index (χ4v) is 4.62. The molecule has 0 aromatic heterocycles. The third-order valence-electron chi connectivity index (χ3n) is 6.21. The third kappa shape index (κ3) is 3.94. The van der Waals surface area contributed by atoms with Crippen LogP contribution in [-0.2, 0) is 10.3 Å². The summed E-state index contributed by atoms with van der Waals surface area (Å²) in [5.41, 5.74) is 4.66. The van der Waals surface area contributed by atoms with Crippen molar-refractivity contribution < 1.29 is 9.94 Å². The fourth-order valence-electron chi connectivity index (χ4n) is 4.62. The third-order valence-corrected chi connectivity index (χ3v) is 6.21. The summed E-state index contributed by atoms with van der Waals surface area (Å²) in [6.45, 7) is 0. The summed E-state index contributed by atoms with van der Waals surface area (Å²) < 4.78 is 7.01. The second-order valence-electron chi connectivity index (χ2n) is 8.15. The molecule has 0 bridgehead atoms. The van der Waals surface area contributed by atoms with E-state index in [1.807, 2.05) is 84.9 Å². The highest BCUT2D eigenvalue weighted by Gasteiger charge is 2.45. The first-order valence-electron chi connectivity index (χ1n) is 11.2. The van der Waals surface area contributed by atoms with Crippen LogP contribution in [-0.4, -0.2) is 10.9 Å². The summed E-state index contributed by atoms with van der Waals surface area (Å²) >= 11 is 0. The van der Waals surface area contributed by atoms with Gasteiger partial charge in [0.1, 0.15) is 11.5 Å². The molecule has 0 spiro atoms. The number of oxime groups is 1. The van der Waals surface area contributed by atoms with E-state index >= 15 is 0 Å². The lowest BCUT2D eigenvalue weighted by molar-refractivity contribution is 0.0866. The van der Waals surface area contributed by atoms with E-state index in [2.05, 4.69) is 41.6 Å². The van der Waals surface area contributed by atoms with Crippen LogP contribution in [0.3, 0.4) is 0 Å². The van der Waals surface area contributed by atoms with Gasteiger partial charge in [0, 0.05) is 28.7 Å². The highest BCUT2D eigenvalue weighted by atomic mass is 16.5. The van der Waals surface area contributed by atoms with E-state index in [-0.39, 0.29) is 0 Å². The van der Waals surface area contributed by atoms with Crippen molar-refractivity contribution in [2.45, 2.75) is 18.4 Å². The van der Waals surface area contributed by atoms with E-state index in [4.69, 9.17) is 4.74 Å². The van der Waals surface area contributed by atoms with Crippen molar-refractivity contribution in [3.8, 4) is 0 Å². The topological polar surface area (TPSA) is 41.8 Å². The van der Waals surface area contributed by atoms with Gasteiger partial charge in [-0.2, -0.15) is 0 Å². The van der Waals surface area contributed by atoms with Crippen LogP contribution in [0.2, 0.25) is 0 Å². The van der Waals surface area contributed by atoms with Crippen molar-refractivity contribution in [3.63, 3.8) is 0 Å². The minimum absolute atomic E-state index is 0.509. The lowest BCUT2D eigenvalue weighted by Gasteiger charge is -2.41. The molecule has 1 heterocycles. The second kappa shape index (κ2) is 9.17. The largest absolute Gasteiger partial charge is 0.475 e. The first-order valence-corrected chi connectivity index (χ1v) is 11.2. The lowest BCUT2D eigenvalue weighted by atomic mass is 9.77. The number of allylic oxidation sites excluding steroid dienone is 1. The van der Waals surface area contributed by atoms with E-state index in [0.29, 0.717) is 12.1 Å². The number of ether oxygens (including phenoxy) is 1. The molecule has 0 unspecified atom stereocenters. The highest BCUT2D eigenvalue weighted by molar-refractivity contribution is 6.08. The van der Waals surface area contributed by atoms with Crippen LogP contribution in [0.1, 0.15) is 35.1 Å². The van der Waals surface area contributed by atoms with Crippen molar-refractivity contribution in [3.05, 3.63) is 144 Å². The number of benzene rings is 4. The van der Waals surface area contributed by atoms with Crippen molar-refractivity contribution in [2.75, 3.05) is 0 Å². The van der Waals surface area contributed by atoms with Crippen LogP contribution in [0.25, 0.3) is 11.3 Å². The molecular formula is C30H25NO2. The summed E-state index contributed by atoms with van der Waals surface area (Å²) in [6.07, 6.45) is 1.42. The molecule has 1 atom stereocenters. The summed E-state index contributed by atoms with van der Waals surface area (Å²) in [4.78, 5) is 0. The summed E-state index contributed by atoms with van der Waals surface area (Å²) in [6, 6.07) is 40.4. The molecule has 0 saturated heterocycles. The van der Waals surface area contributed by atoms with Crippen LogP contribution < -0.4 is 0 Å². The predicted octanol–water partition coefficient (Wildman–Crippen LogP) is 7.14. The lowest BCUT2D eigenvalue weighted by Crippen LogP contribution is -2.41. The molecule has 1 aliphatic rings. The average molecular weight is 432 g/mol. The second-order valence-corrected chi connectivity index (χ2v) is 8.15. The van der Waals surface area contributed by atoms with Gasteiger partial charge in [0.2, 0.25) is 0 Å². The molecule has 3 heteroatoms. The van der Waals surface area contributed by atoms with Crippen LogP contribution >= 0.6 is 0 Å². The van der Waals surface area contributed by atoms with Crippen molar-refractivity contribution in [2.24, 2.45) is 5.16 Å². The van der Waals surface area contributed by atoms with Gasteiger partial charge >= 0.3 is 0 Å². The highest BCUT2D eigenvalue weighted by Crippen LogP contribution is 2.47. The van der Waals surface area contributed by atoms with Gasteiger partial charge in [-0.1, -0.05) is 126 Å². The maximum Gasteiger partial charge on any atom is 0.180 e. The van der Waals surface area contributed by atoms with Gasteiger partial charge in [0.25, 0.3) is 0 Å². The summed E-state index contributed by atoms with van der Waals surface area (Å²) in [7, 11) is 0. The molecule has 33 heavy (non-hydrogen) atoms. The van der Waals surface area contributed by atoms with E-state index < -0.39 is 5.60 Å². The van der Waals surface area contributed by atoms with E-state index in [1.165, 1.54) is 0 Å². The van der Waals surface area contributed by atoms with Gasteiger partial charge < -0.3 is 9.94 Å². The Kier molecular flexibility index (Phi) is 5.77. The van der Waals surface area contributed by atoms with E-state index in [0.717, 1.165) is 40.0 Å². The van der Waals surface area contributed by atoms with Crippen molar-refractivity contribution in [1.82, 2.24) is 0 Å². The average Bonchev–Trinajstić information content (AvgIpc) is 2.91. The standard InChI is InChI=1S/C30H25NO2/c32-31-29(25-17-9-3-10-18-25)30(26-19-11-4-12-20-26)22-21-27(23-13-5-1-6-14-23)28(33-30)24-15-7-2-8-16-24/h1-20,32H,21-22H2/b31-29-/t30-/m1/s1. The van der Waals surface area contributed by atoms with Gasteiger partial charge in [0.05, 0.1) is 0 Å².